The van der Waals surface area contributed by atoms with E-state index in [4.69, 9.17) is 9.47 Å². The lowest BCUT2D eigenvalue weighted by Gasteiger charge is -2.17. The first-order chi connectivity index (χ1) is 13.2. The third-order valence-corrected chi connectivity index (χ3v) is 4.59. The van der Waals surface area contributed by atoms with Gasteiger partial charge in [0.25, 0.3) is 5.91 Å². The number of hydrogen-bond acceptors (Lipinski definition) is 5. The van der Waals surface area contributed by atoms with Gasteiger partial charge in [-0.3, -0.25) is 14.5 Å². The van der Waals surface area contributed by atoms with Gasteiger partial charge in [0.2, 0.25) is 0 Å². The van der Waals surface area contributed by atoms with E-state index in [1.807, 2.05) is 18.2 Å². The summed E-state index contributed by atoms with van der Waals surface area (Å²) in [6, 6.07) is 15.3. The van der Waals surface area contributed by atoms with Crippen molar-refractivity contribution in [2.45, 2.75) is 19.0 Å². The van der Waals surface area contributed by atoms with Crippen LogP contribution in [0.3, 0.4) is 0 Å². The van der Waals surface area contributed by atoms with Crippen molar-refractivity contribution < 1.29 is 19.1 Å². The Bertz CT molecular complexity index is 779. The Morgan fingerprint density at radius 1 is 1.26 bits per heavy atom. The number of amides is 1. The predicted octanol–water partition coefficient (Wildman–Crippen LogP) is 2.28. The molecule has 142 valence electrons. The molecule has 0 saturated carbocycles. The summed E-state index contributed by atoms with van der Waals surface area (Å²) in [6.45, 7) is 2.62. The molecular weight excluding hydrogens is 344 g/mol. The molecule has 2 aromatic carbocycles. The van der Waals surface area contributed by atoms with E-state index >= 15 is 0 Å². The van der Waals surface area contributed by atoms with Gasteiger partial charge in [-0.15, -0.1) is 0 Å². The number of rotatable bonds is 8. The van der Waals surface area contributed by atoms with E-state index in [9.17, 15) is 9.59 Å². The summed E-state index contributed by atoms with van der Waals surface area (Å²) < 4.78 is 10.7. The summed E-state index contributed by atoms with van der Waals surface area (Å²) >= 11 is 0. The van der Waals surface area contributed by atoms with Crippen molar-refractivity contribution in [2.75, 3.05) is 26.8 Å². The van der Waals surface area contributed by atoms with E-state index < -0.39 is 0 Å². The fourth-order valence-electron chi connectivity index (χ4n) is 3.23. The van der Waals surface area contributed by atoms with Gasteiger partial charge in [0.05, 0.1) is 12.7 Å². The first kappa shape index (κ1) is 18.9. The van der Waals surface area contributed by atoms with Crippen LogP contribution in [0.4, 0.5) is 0 Å². The lowest BCUT2D eigenvalue weighted by Crippen LogP contribution is -2.39. The highest BCUT2D eigenvalue weighted by Gasteiger charge is 2.23. The maximum absolute atomic E-state index is 12.2. The monoisotopic (exact) mass is 368 g/mol. The fourth-order valence-corrected chi connectivity index (χ4v) is 3.23. The van der Waals surface area contributed by atoms with Gasteiger partial charge in [0.1, 0.15) is 11.5 Å². The van der Waals surface area contributed by atoms with Crippen LogP contribution in [0.2, 0.25) is 0 Å². The van der Waals surface area contributed by atoms with Crippen LogP contribution in [-0.4, -0.2) is 49.9 Å². The largest absolute Gasteiger partial charge is 0.496 e. The molecule has 1 heterocycles. The van der Waals surface area contributed by atoms with Crippen molar-refractivity contribution in [1.29, 1.82) is 0 Å². The van der Waals surface area contributed by atoms with E-state index in [2.05, 4.69) is 22.3 Å². The molecule has 2 aromatic rings. The highest BCUT2D eigenvalue weighted by Crippen LogP contribution is 2.23. The van der Waals surface area contributed by atoms with Crippen molar-refractivity contribution in [2.24, 2.45) is 0 Å². The molecule has 0 bridgehead atoms. The number of benzene rings is 2. The van der Waals surface area contributed by atoms with E-state index in [0.717, 1.165) is 32.3 Å². The normalized spacial score (nSPS) is 16.7. The molecular formula is C21H24N2O4. The Balaban J connectivity index is 1.44. The van der Waals surface area contributed by atoms with Crippen LogP contribution in [0.1, 0.15) is 22.3 Å². The molecule has 1 atom stereocenters. The smallest absolute Gasteiger partial charge is 0.258 e. The SMILES string of the molecule is COc1cc(OCC(=O)NC2CCN(Cc3ccccc3)C2)ccc1C=O. The summed E-state index contributed by atoms with van der Waals surface area (Å²) in [6.07, 6.45) is 1.65. The maximum atomic E-state index is 12.2. The minimum atomic E-state index is -0.153. The number of nitrogens with zero attached hydrogens (tertiary/aromatic N) is 1. The lowest BCUT2D eigenvalue weighted by atomic mass is 10.2. The molecule has 1 unspecified atom stereocenters. The second-order valence-corrected chi connectivity index (χ2v) is 6.58. The Kier molecular flexibility index (Phi) is 6.44. The number of nitrogens with one attached hydrogen (secondary N) is 1. The minimum Gasteiger partial charge on any atom is -0.496 e. The van der Waals surface area contributed by atoms with Crippen molar-refractivity contribution in [3.8, 4) is 11.5 Å². The lowest BCUT2D eigenvalue weighted by molar-refractivity contribution is -0.123. The van der Waals surface area contributed by atoms with Crippen molar-refractivity contribution in [3.63, 3.8) is 0 Å². The Morgan fingerprint density at radius 3 is 2.81 bits per heavy atom. The molecule has 0 spiro atoms. The van der Waals surface area contributed by atoms with Crippen molar-refractivity contribution in [3.05, 3.63) is 59.7 Å². The van der Waals surface area contributed by atoms with E-state index in [1.54, 1.807) is 18.2 Å². The molecule has 27 heavy (non-hydrogen) atoms. The van der Waals surface area contributed by atoms with E-state index in [0.29, 0.717) is 17.1 Å². The standard InChI is InChI=1S/C21H24N2O4/c1-26-20-11-19(8-7-17(20)14-24)27-15-21(25)22-18-9-10-23(13-18)12-16-5-3-2-4-6-16/h2-8,11,14,18H,9-10,12-13,15H2,1H3,(H,22,25). The molecule has 1 N–H and O–H groups in total. The van der Waals surface area contributed by atoms with Gasteiger partial charge in [-0.2, -0.15) is 0 Å². The Morgan fingerprint density at radius 2 is 2.07 bits per heavy atom. The predicted molar refractivity (Wildman–Crippen MR) is 102 cm³/mol. The van der Waals surface area contributed by atoms with Crippen LogP contribution < -0.4 is 14.8 Å². The molecule has 0 aromatic heterocycles. The van der Waals surface area contributed by atoms with Gasteiger partial charge in [-0.1, -0.05) is 30.3 Å². The van der Waals surface area contributed by atoms with Crippen LogP contribution in [0.5, 0.6) is 11.5 Å². The second kappa shape index (κ2) is 9.19. The molecule has 1 saturated heterocycles. The molecule has 1 fully saturated rings. The second-order valence-electron chi connectivity index (χ2n) is 6.58. The zero-order valence-corrected chi connectivity index (χ0v) is 15.4. The fraction of sp³-hybridized carbons (Fsp3) is 0.333. The molecule has 1 aliphatic heterocycles. The molecule has 1 amide bonds. The molecule has 1 aliphatic rings. The van der Waals surface area contributed by atoms with E-state index in [1.165, 1.54) is 12.7 Å². The maximum Gasteiger partial charge on any atom is 0.258 e. The first-order valence-electron chi connectivity index (χ1n) is 8.99. The number of methoxy groups -OCH3 is 1. The quantitative estimate of drug-likeness (QED) is 0.724. The number of hydrogen-bond donors (Lipinski definition) is 1. The third-order valence-electron chi connectivity index (χ3n) is 4.59. The average molecular weight is 368 g/mol. The van der Waals surface area contributed by atoms with Gasteiger partial charge < -0.3 is 14.8 Å². The van der Waals surface area contributed by atoms with Gasteiger partial charge in [-0.05, 0) is 24.1 Å². The number of likely N-dealkylation sites (tertiary alicyclic amines) is 1. The van der Waals surface area contributed by atoms with Crippen LogP contribution in [0, 0.1) is 0 Å². The molecule has 6 heteroatoms. The molecule has 0 radical (unpaired) electrons. The average Bonchev–Trinajstić information content (AvgIpc) is 3.13. The number of ether oxygens (including phenoxy) is 2. The number of carbonyl (C=O) groups is 2. The molecule has 6 nitrogen and oxygen atoms in total. The molecule has 0 aliphatic carbocycles. The van der Waals surface area contributed by atoms with Gasteiger partial charge in [-0.25, -0.2) is 0 Å². The zero-order chi connectivity index (χ0) is 19.1. The van der Waals surface area contributed by atoms with Gasteiger partial charge in [0, 0.05) is 31.7 Å². The third kappa shape index (κ3) is 5.31. The van der Waals surface area contributed by atoms with Gasteiger partial charge in [0.15, 0.2) is 12.9 Å². The van der Waals surface area contributed by atoms with Crippen LogP contribution in [-0.2, 0) is 11.3 Å². The highest BCUT2D eigenvalue weighted by molar-refractivity contribution is 5.80. The van der Waals surface area contributed by atoms with Crippen LogP contribution in [0.25, 0.3) is 0 Å². The summed E-state index contributed by atoms with van der Waals surface area (Å²) in [5.74, 6) is 0.764. The minimum absolute atomic E-state index is 0.0707. The molecule has 3 rings (SSSR count). The van der Waals surface area contributed by atoms with Crippen LogP contribution in [0.15, 0.2) is 48.5 Å². The topological polar surface area (TPSA) is 67.9 Å². The first-order valence-corrected chi connectivity index (χ1v) is 8.99. The zero-order valence-electron chi connectivity index (χ0n) is 15.4. The highest BCUT2D eigenvalue weighted by atomic mass is 16.5. The van der Waals surface area contributed by atoms with Crippen molar-refractivity contribution in [1.82, 2.24) is 10.2 Å². The van der Waals surface area contributed by atoms with Crippen LogP contribution >= 0.6 is 0 Å². The summed E-state index contributed by atoms with van der Waals surface area (Å²) in [5.41, 5.74) is 1.72. The number of aldehydes is 1. The summed E-state index contributed by atoms with van der Waals surface area (Å²) in [5, 5.41) is 3.02. The number of carbonyl (C=O) groups excluding carboxylic acids is 2. The Labute approximate surface area is 159 Å². The summed E-state index contributed by atoms with van der Waals surface area (Å²) in [7, 11) is 1.49. The Hall–Kier alpha value is -2.86. The van der Waals surface area contributed by atoms with Crippen molar-refractivity contribution >= 4 is 12.2 Å². The van der Waals surface area contributed by atoms with Gasteiger partial charge >= 0.3 is 0 Å². The summed E-state index contributed by atoms with van der Waals surface area (Å²) in [4.78, 5) is 25.4. The van der Waals surface area contributed by atoms with E-state index in [-0.39, 0.29) is 18.6 Å².